The Morgan fingerprint density at radius 3 is 2.69 bits per heavy atom. The topological polar surface area (TPSA) is 90.4 Å². The smallest absolute Gasteiger partial charge is 0.241 e. The van der Waals surface area contributed by atoms with Crippen molar-refractivity contribution >= 4 is 18.3 Å². The quantitative estimate of drug-likeness (QED) is 0.805. The number of amides is 1. The molecule has 3 rings (SSSR count). The molecule has 1 aliphatic rings. The van der Waals surface area contributed by atoms with Crippen molar-refractivity contribution < 1.29 is 13.9 Å². The van der Waals surface area contributed by atoms with E-state index in [0.717, 1.165) is 5.56 Å². The number of carbonyl (C=O) groups is 1. The summed E-state index contributed by atoms with van der Waals surface area (Å²) in [5.74, 6) is 0.352. The molecule has 1 saturated carbocycles. The van der Waals surface area contributed by atoms with Crippen LogP contribution < -0.4 is 11.1 Å². The predicted octanol–water partition coefficient (Wildman–Crippen LogP) is 2.91. The van der Waals surface area contributed by atoms with Gasteiger partial charge < -0.3 is 20.2 Å². The lowest BCUT2D eigenvalue weighted by molar-refractivity contribution is -0.170. The van der Waals surface area contributed by atoms with E-state index in [1.54, 1.807) is 6.26 Å². The van der Waals surface area contributed by atoms with Gasteiger partial charge in [0.1, 0.15) is 11.8 Å². The van der Waals surface area contributed by atoms with E-state index < -0.39 is 11.0 Å². The van der Waals surface area contributed by atoms with Crippen LogP contribution in [0.4, 0.5) is 0 Å². The minimum Gasteiger partial charge on any atom is -0.444 e. The van der Waals surface area contributed by atoms with Crippen LogP contribution in [0.3, 0.4) is 0 Å². The highest BCUT2D eigenvalue weighted by molar-refractivity contribution is 5.88. The normalized spacial score (nSPS) is 23.6. The number of carbonyl (C=O) groups excluding carboxylic acids is 1. The van der Waals surface area contributed by atoms with Gasteiger partial charge in [-0.2, -0.15) is 0 Å². The van der Waals surface area contributed by atoms with Gasteiger partial charge in [-0.15, -0.1) is 12.4 Å². The molecule has 0 saturated heterocycles. The van der Waals surface area contributed by atoms with Crippen LogP contribution >= 0.6 is 12.4 Å². The number of nitrogens with one attached hydrogen (secondary N) is 1. The Labute approximate surface area is 159 Å². The van der Waals surface area contributed by atoms with Crippen molar-refractivity contribution in [2.75, 3.05) is 6.61 Å². The van der Waals surface area contributed by atoms with Crippen molar-refractivity contribution in [2.45, 2.75) is 45.4 Å². The molecule has 0 spiro atoms. The molecule has 1 amide bonds. The zero-order valence-electron chi connectivity index (χ0n) is 15.3. The van der Waals surface area contributed by atoms with Crippen LogP contribution in [0, 0.1) is 5.41 Å². The third-order valence-corrected chi connectivity index (χ3v) is 5.24. The summed E-state index contributed by atoms with van der Waals surface area (Å²) in [6.45, 7) is 6.79. The Hall–Kier alpha value is -1.89. The first-order valence-electron chi connectivity index (χ1n) is 8.57. The summed E-state index contributed by atoms with van der Waals surface area (Å²) in [6.07, 6.45) is 2.08. The summed E-state index contributed by atoms with van der Waals surface area (Å²) in [6, 6.07) is 9.63. The van der Waals surface area contributed by atoms with Crippen LogP contribution in [0.15, 0.2) is 41.0 Å². The summed E-state index contributed by atoms with van der Waals surface area (Å²) in [5, 5.41) is 2.88. The van der Waals surface area contributed by atoms with Crippen LogP contribution in [0.2, 0.25) is 0 Å². The van der Waals surface area contributed by atoms with Gasteiger partial charge in [0.05, 0.1) is 18.3 Å². The second-order valence-corrected chi connectivity index (χ2v) is 7.03. The molecule has 6 nitrogen and oxygen atoms in total. The van der Waals surface area contributed by atoms with Crippen molar-refractivity contribution in [2.24, 2.45) is 11.1 Å². The molecule has 1 aromatic carbocycles. The van der Waals surface area contributed by atoms with Crippen LogP contribution in [-0.4, -0.2) is 29.1 Å². The number of halogens is 1. The predicted molar refractivity (Wildman–Crippen MR) is 102 cm³/mol. The van der Waals surface area contributed by atoms with Gasteiger partial charge in [-0.25, -0.2) is 4.98 Å². The van der Waals surface area contributed by atoms with Crippen LogP contribution in [-0.2, 0) is 16.1 Å². The molecule has 1 aromatic heterocycles. The van der Waals surface area contributed by atoms with Crippen LogP contribution in [0.1, 0.15) is 32.9 Å². The first-order valence-corrected chi connectivity index (χ1v) is 8.57. The van der Waals surface area contributed by atoms with Crippen molar-refractivity contribution in [1.29, 1.82) is 0 Å². The fourth-order valence-electron chi connectivity index (χ4n) is 3.25. The average Bonchev–Trinajstić information content (AvgIpc) is 3.09. The molecule has 1 aliphatic carbocycles. The summed E-state index contributed by atoms with van der Waals surface area (Å²) in [5.41, 5.74) is 6.59. The lowest BCUT2D eigenvalue weighted by Crippen LogP contribution is -2.75. The molecular formula is C19H26ClN3O3. The van der Waals surface area contributed by atoms with Crippen molar-refractivity contribution in [3.8, 4) is 11.5 Å². The zero-order chi connectivity index (χ0) is 18.1. The maximum Gasteiger partial charge on any atom is 0.241 e. The zero-order valence-corrected chi connectivity index (χ0v) is 16.1. The molecule has 0 radical (unpaired) electrons. The van der Waals surface area contributed by atoms with E-state index in [4.69, 9.17) is 14.9 Å². The third-order valence-electron chi connectivity index (χ3n) is 5.24. The number of hydrogen-bond donors (Lipinski definition) is 2. The minimum absolute atomic E-state index is 0. The first kappa shape index (κ1) is 20.4. The maximum absolute atomic E-state index is 12.6. The van der Waals surface area contributed by atoms with Gasteiger partial charge >= 0.3 is 0 Å². The number of ether oxygens (including phenoxy) is 1. The molecule has 2 atom stereocenters. The van der Waals surface area contributed by atoms with Gasteiger partial charge in [0.15, 0.2) is 0 Å². The Kier molecular flexibility index (Phi) is 6.11. The van der Waals surface area contributed by atoms with E-state index >= 15 is 0 Å². The maximum atomic E-state index is 12.6. The van der Waals surface area contributed by atoms with E-state index in [0.29, 0.717) is 24.6 Å². The number of hydrogen-bond acceptors (Lipinski definition) is 5. The SMILES string of the molecule is CCOC1CC(N)(C(=O)NCc2coc(-c3ccccc3)n2)C1(C)C.Cl. The molecular weight excluding hydrogens is 354 g/mol. The molecule has 0 bridgehead atoms. The Bertz CT molecular complexity index is 747. The summed E-state index contributed by atoms with van der Waals surface area (Å²) in [4.78, 5) is 17.0. The van der Waals surface area contributed by atoms with Gasteiger partial charge in [-0.3, -0.25) is 4.79 Å². The molecule has 1 fully saturated rings. The van der Waals surface area contributed by atoms with E-state index in [2.05, 4.69) is 10.3 Å². The van der Waals surface area contributed by atoms with E-state index in [1.807, 2.05) is 51.1 Å². The molecule has 2 aromatic rings. The van der Waals surface area contributed by atoms with Crippen molar-refractivity contribution in [1.82, 2.24) is 10.3 Å². The van der Waals surface area contributed by atoms with Gasteiger partial charge in [0.2, 0.25) is 11.8 Å². The molecule has 7 heteroatoms. The first-order chi connectivity index (χ1) is 11.9. The summed E-state index contributed by atoms with van der Waals surface area (Å²) < 4.78 is 11.2. The van der Waals surface area contributed by atoms with Gasteiger partial charge in [0, 0.05) is 24.0 Å². The molecule has 2 unspecified atom stereocenters. The standard InChI is InChI=1S/C19H25N3O3.ClH/c1-4-24-15-10-19(20,18(15,2)3)17(23)21-11-14-12-25-16(22-14)13-8-6-5-7-9-13;/h5-9,12,15H,4,10-11,20H2,1-3H3,(H,21,23);1H. The third kappa shape index (κ3) is 3.49. The Balaban J connectivity index is 0.00000243. The number of benzene rings is 1. The number of nitrogens with zero attached hydrogens (tertiary/aromatic N) is 1. The molecule has 3 N–H and O–H groups in total. The second-order valence-electron chi connectivity index (χ2n) is 7.03. The Morgan fingerprint density at radius 1 is 1.38 bits per heavy atom. The second kappa shape index (κ2) is 7.78. The number of aromatic nitrogens is 1. The van der Waals surface area contributed by atoms with Crippen LogP contribution in [0.25, 0.3) is 11.5 Å². The molecule has 0 aliphatic heterocycles. The van der Waals surface area contributed by atoms with E-state index in [9.17, 15) is 4.79 Å². The van der Waals surface area contributed by atoms with Crippen LogP contribution in [0.5, 0.6) is 0 Å². The van der Waals surface area contributed by atoms with Crippen molar-refractivity contribution in [3.05, 3.63) is 42.3 Å². The highest BCUT2D eigenvalue weighted by Crippen LogP contribution is 2.49. The number of nitrogens with two attached hydrogens (primary N) is 1. The lowest BCUT2D eigenvalue weighted by atomic mass is 9.54. The van der Waals surface area contributed by atoms with Gasteiger partial charge in [-0.05, 0) is 19.1 Å². The van der Waals surface area contributed by atoms with E-state index in [1.165, 1.54) is 0 Å². The molecule has 1 heterocycles. The lowest BCUT2D eigenvalue weighted by Gasteiger charge is -2.57. The summed E-state index contributed by atoms with van der Waals surface area (Å²) >= 11 is 0. The average molecular weight is 380 g/mol. The Morgan fingerprint density at radius 2 is 2.08 bits per heavy atom. The molecule has 142 valence electrons. The largest absolute Gasteiger partial charge is 0.444 e. The number of rotatable bonds is 6. The highest BCUT2D eigenvalue weighted by atomic mass is 35.5. The summed E-state index contributed by atoms with van der Waals surface area (Å²) in [7, 11) is 0. The fourth-order valence-corrected chi connectivity index (χ4v) is 3.25. The van der Waals surface area contributed by atoms with Gasteiger partial charge in [-0.1, -0.05) is 32.0 Å². The number of oxazole rings is 1. The fraction of sp³-hybridized carbons (Fsp3) is 0.474. The van der Waals surface area contributed by atoms with Gasteiger partial charge in [0.25, 0.3) is 0 Å². The monoisotopic (exact) mass is 379 g/mol. The molecule has 26 heavy (non-hydrogen) atoms. The van der Waals surface area contributed by atoms with Crippen molar-refractivity contribution in [3.63, 3.8) is 0 Å². The highest BCUT2D eigenvalue weighted by Gasteiger charge is 2.62. The van der Waals surface area contributed by atoms with E-state index in [-0.39, 0.29) is 31.0 Å². The minimum atomic E-state index is -0.932.